The summed E-state index contributed by atoms with van der Waals surface area (Å²) in [5, 5.41) is 11.7. The number of hydrogen-bond acceptors (Lipinski definition) is 3. The molecule has 0 spiro atoms. The zero-order valence-corrected chi connectivity index (χ0v) is 10.3. The first-order chi connectivity index (χ1) is 8.50. The number of carbonyl (C=O) groups is 2. The van der Waals surface area contributed by atoms with Gasteiger partial charge in [-0.1, -0.05) is 6.92 Å². The van der Waals surface area contributed by atoms with Crippen molar-refractivity contribution in [2.24, 2.45) is 5.92 Å². The van der Waals surface area contributed by atoms with E-state index in [9.17, 15) is 9.59 Å². The Morgan fingerprint density at radius 2 is 2.28 bits per heavy atom. The standard InChI is InChI=1S/C12H16N2O4/c1-6-3-4-18-10(6)11(15)14-8-5-13-7(2)9(8)12(16)17/h5-6,10,13H,3-4H2,1-2H3,(H,14,15)(H,16,17). The summed E-state index contributed by atoms with van der Waals surface area (Å²) in [6, 6.07) is 0. The molecule has 2 heterocycles. The Morgan fingerprint density at radius 1 is 1.56 bits per heavy atom. The highest BCUT2D eigenvalue weighted by Gasteiger charge is 2.31. The van der Waals surface area contributed by atoms with Crippen LogP contribution in [0.3, 0.4) is 0 Å². The number of aromatic nitrogens is 1. The van der Waals surface area contributed by atoms with E-state index < -0.39 is 12.1 Å². The van der Waals surface area contributed by atoms with Crippen LogP contribution in [-0.2, 0) is 9.53 Å². The lowest BCUT2D eigenvalue weighted by molar-refractivity contribution is -0.126. The topological polar surface area (TPSA) is 91.4 Å². The number of ether oxygens (including phenoxy) is 1. The Hall–Kier alpha value is -1.82. The Labute approximate surface area is 104 Å². The van der Waals surface area contributed by atoms with Gasteiger partial charge in [0.2, 0.25) is 0 Å². The van der Waals surface area contributed by atoms with Gasteiger partial charge in [-0.05, 0) is 19.3 Å². The number of carboxylic acid groups (broad SMARTS) is 1. The van der Waals surface area contributed by atoms with Gasteiger partial charge in [0.15, 0.2) is 0 Å². The van der Waals surface area contributed by atoms with E-state index >= 15 is 0 Å². The molecule has 1 aliphatic rings. The molecule has 3 N–H and O–H groups in total. The second kappa shape index (κ2) is 4.81. The fraction of sp³-hybridized carbons (Fsp3) is 0.500. The molecule has 1 aromatic heterocycles. The van der Waals surface area contributed by atoms with Crippen LogP contribution in [0.4, 0.5) is 5.69 Å². The number of aryl methyl sites for hydroxylation is 1. The van der Waals surface area contributed by atoms with Gasteiger partial charge in [0.1, 0.15) is 11.7 Å². The molecule has 6 nitrogen and oxygen atoms in total. The molecule has 2 rings (SSSR count). The molecule has 6 heteroatoms. The number of amides is 1. The van der Waals surface area contributed by atoms with Crippen molar-refractivity contribution >= 4 is 17.6 Å². The molecule has 2 atom stereocenters. The van der Waals surface area contributed by atoms with Crippen LogP contribution in [0.5, 0.6) is 0 Å². The zero-order valence-electron chi connectivity index (χ0n) is 10.3. The second-order valence-electron chi connectivity index (χ2n) is 4.55. The zero-order chi connectivity index (χ0) is 13.3. The summed E-state index contributed by atoms with van der Waals surface area (Å²) in [6.07, 6.45) is 1.83. The average molecular weight is 252 g/mol. The number of aromatic carboxylic acids is 1. The minimum absolute atomic E-state index is 0.0917. The van der Waals surface area contributed by atoms with Crippen molar-refractivity contribution in [2.75, 3.05) is 11.9 Å². The van der Waals surface area contributed by atoms with Gasteiger partial charge in [-0.3, -0.25) is 4.79 Å². The van der Waals surface area contributed by atoms with Crippen molar-refractivity contribution in [1.29, 1.82) is 0 Å². The van der Waals surface area contributed by atoms with Gasteiger partial charge >= 0.3 is 5.97 Å². The van der Waals surface area contributed by atoms with Gasteiger partial charge in [0.05, 0.1) is 5.69 Å². The maximum atomic E-state index is 12.0. The normalized spacial score (nSPS) is 23.0. The molecule has 18 heavy (non-hydrogen) atoms. The molecule has 0 aliphatic carbocycles. The number of carbonyl (C=O) groups excluding carboxylic acids is 1. The smallest absolute Gasteiger partial charge is 0.339 e. The van der Waals surface area contributed by atoms with E-state index in [0.717, 1.165) is 6.42 Å². The molecule has 1 fully saturated rings. The van der Waals surface area contributed by atoms with E-state index in [1.54, 1.807) is 6.92 Å². The lowest BCUT2D eigenvalue weighted by Crippen LogP contribution is -2.31. The summed E-state index contributed by atoms with van der Waals surface area (Å²) < 4.78 is 5.34. The number of anilines is 1. The van der Waals surface area contributed by atoms with E-state index in [4.69, 9.17) is 9.84 Å². The number of H-pyrrole nitrogens is 1. The third-order valence-corrected chi connectivity index (χ3v) is 3.19. The lowest BCUT2D eigenvalue weighted by Gasteiger charge is -2.14. The molecule has 0 bridgehead atoms. The Morgan fingerprint density at radius 3 is 2.83 bits per heavy atom. The highest BCUT2D eigenvalue weighted by atomic mass is 16.5. The van der Waals surface area contributed by atoms with E-state index in [2.05, 4.69) is 10.3 Å². The van der Waals surface area contributed by atoms with E-state index in [1.807, 2.05) is 6.92 Å². The molecule has 1 aromatic rings. The van der Waals surface area contributed by atoms with Gasteiger partial charge in [0.25, 0.3) is 5.91 Å². The lowest BCUT2D eigenvalue weighted by atomic mass is 10.0. The van der Waals surface area contributed by atoms with Crippen LogP contribution >= 0.6 is 0 Å². The molecule has 0 saturated carbocycles. The van der Waals surface area contributed by atoms with Crippen LogP contribution in [0.1, 0.15) is 29.4 Å². The molecule has 1 amide bonds. The summed E-state index contributed by atoms with van der Waals surface area (Å²) in [5.74, 6) is -1.20. The van der Waals surface area contributed by atoms with Crippen molar-refractivity contribution < 1.29 is 19.4 Å². The molecule has 2 unspecified atom stereocenters. The number of aromatic amines is 1. The quantitative estimate of drug-likeness (QED) is 0.758. The molecular weight excluding hydrogens is 236 g/mol. The van der Waals surface area contributed by atoms with Gasteiger partial charge in [-0.15, -0.1) is 0 Å². The molecule has 1 saturated heterocycles. The Kier molecular flexibility index (Phi) is 3.38. The van der Waals surface area contributed by atoms with Crippen molar-refractivity contribution in [3.8, 4) is 0 Å². The van der Waals surface area contributed by atoms with Gasteiger partial charge in [0, 0.05) is 18.5 Å². The first kappa shape index (κ1) is 12.6. The highest BCUT2D eigenvalue weighted by Crippen LogP contribution is 2.24. The first-order valence-electron chi connectivity index (χ1n) is 5.84. The fourth-order valence-electron chi connectivity index (χ4n) is 2.14. The second-order valence-corrected chi connectivity index (χ2v) is 4.55. The number of rotatable bonds is 3. The van der Waals surface area contributed by atoms with E-state index in [1.165, 1.54) is 6.20 Å². The predicted octanol–water partition coefficient (Wildman–Crippen LogP) is 1.38. The van der Waals surface area contributed by atoms with Gasteiger partial charge in [-0.25, -0.2) is 4.79 Å². The Bertz CT molecular complexity index is 480. The third kappa shape index (κ3) is 2.24. The van der Waals surface area contributed by atoms with Crippen molar-refractivity contribution in [3.05, 3.63) is 17.5 Å². The largest absolute Gasteiger partial charge is 0.478 e. The summed E-state index contributed by atoms with van der Waals surface area (Å²) in [4.78, 5) is 25.8. The van der Waals surface area contributed by atoms with Gasteiger partial charge < -0.3 is 20.1 Å². The minimum Gasteiger partial charge on any atom is -0.478 e. The van der Waals surface area contributed by atoms with Crippen LogP contribution < -0.4 is 5.32 Å². The first-order valence-corrected chi connectivity index (χ1v) is 5.84. The maximum Gasteiger partial charge on any atom is 0.339 e. The molecule has 1 aliphatic heterocycles. The summed E-state index contributed by atoms with van der Waals surface area (Å²) >= 11 is 0. The predicted molar refractivity (Wildman–Crippen MR) is 64.6 cm³/mol. The highest BCUT2D eigenvalue weighted by molar-refractivity contribution is 6.02. The molecule has 98 valence electrons. The SMILES string of the molecule is Cc1[nH]cc(NC(=O)C2OCCC2C)c1C(=O)O. The maximum absolute atomic E-state index is 12.0. The Balaban J connectivity index is 2.14. The van der Waals surface area contributed by atoms with Crippen LogP contribution in [0.25, 0.3) is 0 Å². The fourth-order valence-corrected chi connectivity index (χ4v) is 2.14. The number of nitrogens with one attached hydrogen (secondary N) is 2. The van der Waals surface area contributed by atoms with Crippen molar-refractivity contribution in [3.63, 3.8) is 0 Å². The number of carboxylic acids is 1. The monoisotopic (exact) mass is 252 g/mol. The third-order valence-electron chi connectivity index (χ3n) is 3.19. The van der Waals surface area contributed by atoms with Crippen LogP contribution in [0.15, 0.2) is 6.20 Å². The van der Waals surface area contributed by atoms with Crippen molar-refractivity contribution in [1.82, 2.24) is 4.98 Å². The average Bonchev–Trinajstić information content (AvgIpc) is 2.85. The van der Waals surface area contributed by atoms with Crippen LogP contribution in [0.2, 0.25) is 0 Å². The van der Waals surface area contributed by atoms with Crippen LogP contribution in [-0.4, -0.2) is 34.7 Å². The van der Waals surface area contributed by atoms with Crippen LogP contribution in [0, 0.1) is 12.8 Å². The van der Waals surface area contributed by atoms with E-state index in [-0.39, 0.29) is 23.1 Å². The van der Waals surface area contributed by atoms with E-state index in [0.29, 0.717) is 12.3 Å². The molecular formula is C12H16N2O4. The summed E-state index contributed by atoms with van der Waals surface area (Å²) in [7, 11) is 0. The minimum atomic E-state index is -1.07. The van der Waals surface area contributed by atoms with Gasteiger partial charge in [-0.2, -0.15) is 0 Å². The summed E-state index contributed by atoms with van der Waals surface area (Å²) in [5.41, 5.74) is 0.889. The molecule has 0 radical (unpaired) electrons. The molecule has 0 aromatic carbocycles. The van der Waals surface area contributed by atoms with Crippen molar-refractivity contribution in [2.45, 2.75) is 26.4 Å². The summed E-state index contributed by atoms with van der Waals surface area (Å²) in [6.45, 7) is 4.16. The number of hydrogen-bond donors (Lipinski definition) is 3.